The van der Waals surface area contributed by atoms with Crippen molar-refractivity contribution >= 4 is 46.0 Å². The number of imide groups is 1. The van der Waals surface area contributed by atoms with Crippen LogP contribution in [0.5, 0.6) is 0 Å². The van der Waals surface area contributed by atoms with E-state index in [0.29, 0.717) is 0 Å². The van der Waals surface area contributed by atoms with Crippen molar-refractivity contribution in [3.8, 4) is 0 Å². The van der Waals surface area contributed by atoms with E-state index in [4.69, 9.17) is 0 Å². The lowest BCUT2D eigenvalue weighted by Crippen LogP contribution is -2.32. The van der Waals surface area contributed by atoms with Gasteiger partial charge < -0.3 is 9.80 Å². The van der Waals surface area contributed by atoms with Gasteiger partial charge in [0.1, 0.15) is 6.54 Å². The molecule has 5 rings (SSSR count). The molecule has 6 nitrogen and oxygen atoms in total. The molecular weight excluding hydrogens is 477 g/mol. The molecule has 35 heavy (non-hydrogen) atoms. The first-order chi connectivity index (χ1) is 16.8. The molecule has 0 N–H and O–H groups in total. The highest BCUT2D eigenvalue weighted by molar-refractivity contribution is 8.00. The highest BCUT2D eigenvalue weighted by atomic mass is 32.2. The fourth-order valence-corrected chi connectivity index (χ4v) is 5.15. The minimum absolute atomic E-state index is 0.00929. The molecule has 0 spiro atoms. The van der Waals surface area contributed by atoms with Gasteiger partial charge in [0.05, 0.1) is 11.2 Å². The number of hydrogen-bond donors (Lipinski definition) is 0. The molecular formula is C25H23F3N4O2S. The summed E-state index contributed by atoms with van der Waals surface area (Å²) in [6.07, 6.45) is 5.25. The Kier molecular flexibility index (Phi) is 6.31. The van der Waals surface area contributed by atoms with Crippen LogP contribution in [0.25, 0.3) is 10.9 Å². The average Bonchev–Trinajstić information content (AvgIpc) is 3.12. The maximum absolute atomic E-state index is 13.1. The van der Waals surface area contributed by atoms with Gasteiger partial charge in [-0.1, -0.05) is 0 Å². The Morgan fingerprint density at radius 2 is 1.63 bits per heavy atom. The first-order valence-electron chi connectivity index (χ1n) is 11.4. The maximum atomic E-state index is 13.1. The van der Waals surface area contributed by atoms with Gasteiger partial charge in [0.25, 0.3) is 5.91 Å². The number of carbonyl (C=O) groups excluding carboxylic acids is 2. The predicted molar refractivity (Wildman–Crippen MR) is 129 cm³/mol. The highest BCUT2D eigenvalue weighted by Gasteiger charge is 2.37. The Hall–Kier alpha value is -3.27. The number of halogens is 3. The summed E-state index contributed by atoms with van der Waals surface area (Å²) < 4.78 is 37.8. The summed E-state index contributed by atoms with van der Waals surface area (Å²) in [6.45, 7) is 2.14. The summed E-state index contributed by atoms with van der Waals surface area (Å²) in [5.74, 6) is -0.418. The molecule has 2 fully saturated rings. The van der Waals surface area contributed by atoms with Crippen LogP contribution in [-0.4, -0.2) is 47.0 Å². The summed E-state index contributed by atoms with van der Waals surface area (Å²) in [7, 11) is 0. The van der Waals surface area contributed by atoms with E-state index in [2.05, 4.69) is 22.0 Å². The molecule has 1 aromatic heterocycles. The van der Waals surface area contributed by atoms with E-state index < -0.39 is 17.4 Å². The molecule has 2 aliphatic heterocycles. The minimum atomic E-state index is -4.40. The van der Waals surface area contributed by atoms with Gasteiger partial charge in [0.2, 0.25) is 0 Å². The Morgan fingerprint density at radius 1 is 0.914 bits per heavy atom. The fraction of sp³-hybridized carbons (Fsp3) is 0.320. The number of aromatic nitrogens is 1. The number of fused-ring (bicyclic) bond motifs is 1. The zero-order chi connectivity index (χ0) is 24.6. The molecule has 3 amide bonds. The van der Waals surface area contributed by atoms with E-state index in [0.717, 1.165) is 53.0 Å². The maximum Gasteiger partial charge on any atom is 0.446 e. The lowest BCUT2D eigenvalue weighted by molar-refractivity contribution is -0.116. The van der Waals surface area contributed by atoms with Crippen LogP contribution >= 0.6 is 11.8 Å². The second-order valence-electron chi connectivity index (χ2n) is 8.63. The zero-order valence-corrected chi connectivity index (χ0v) is 19.6. The van der Waals surface area contributed by atoms with Gasteiger partial charge in [-0.3, -0.25) is 9.78 Å². The third kappa shape index (κ3) is 5.07. The second kappa shape index (κ2) is 9.41. The lowest BCUT2D eigenvalue weighted by Gasteiger charge is -2.29. The lowest BCUT2D eigenvalue weighted by atomic mass is 10.1. The quantitative estimate of drug-likeness (QED) is 0.327. The second-order valence-corrected chi connectivity index (χ2v) is 9.77. The number of amides is 3. The summed E-state index contributed by atoms with van der Waals surface area (Å²) >= 11 is -0.240. The molecule has 182 valence electrons. The number of benzene rings is 2. The molecule has 3 heterocycles. The average molecular weight is 501 g/mol. The Balaban J connectivity index is 1.36. The fourth-order valence-electron chi connectivity index (χ4n) is 4.61. The topological polar surface area (TPSA) is 56.8 Å². The Morgan fingerprint density at radius 3 is 2.34 bits per heavy atom. The SMILES string of the molecule is O=C1CN(Cc2ccnc3ccc(N4CCCCC4)cc23)C(=O)N1c1ccc(SC(F)(F)F)cc1. The number of hydrogen-bond acceptors (Lipinski definition) is 5. The number of anilines is 2. The Bertz CT molecular complexity index is 1260. The van der Waals surface area contributed by atoms with Gasteiger partial charge in [-0.2, -0.15) is 13.2 Å². The van der Waals surface area contributed by atoms with Gasteiger partial charge >= 0.3 is 11.5 Å². The molecule has 2 aliphatic rings. The van der Waals surface area contributed by atoms with Crippen molar-refractivity contribution in [3.05, 3.63) is 60.3 Å². The van der Waals surface area contributed by atoms with Crippen molar-refractivity contribution in [1.82, 2.24) is 9.88 Å². The summed E-state index contributed by atoms with van der Waals surface area (Å²) in [6, 6.07) is 12.7. The standard InChI is InChI=1S/C25H23F3N4O2S/c26-25(27,28)35-20-7-4-18(5-8-20)32-23(33)16-31(24(32)34)15-17-10-11-29-22-9-6-19(14-21(17)22)30-12-2-1-3-13-30/h4-11,14H,1-3,12-13,15-16H2. The number of carbonyl (C=O) groups is 2. The largest absolute Gasteiger partial charge is 0.446 e. The molecule has 0 bridgehead atoms. The van der Waals surface area contributed by atoms with Crippen LogP contribution in [0, 0.1) is 0 Å². The van der Waals surface area contributed by atoms with Crippen LogP contribution in [0.2, 0.25) is 0 Å². The van der Waals surface area contributed by atoms with Crippen molar-refractivity contribution < 1.29 is 22.8 Å². The molecule has 3 aromatic rings. The summed E-state index contributed by atoms with van der Waals surface area (Å²) in [5.41, 5.74) is -1.34. The first-order valence-corrected chi connectivity index (χ1v) is 12.2. The van der Waals surface area contributed by atoms with Gasteiger partial charge in [-0.15, -0.1) is 0 Å². The summed E-state index contributed by atoms with van der Waals surface area (Å²) in [4.78, 5) is 35.1. The van der Waals surface area contributed by atoms with E-state index in [9.17, 15) is 22.8 Å². The smallest absolute Gasteiger partial charge is 0.372 e. The van der Waals surface area contributed by atoms with Crippen molar-refractivity contribution in [3.63, 3.8) is 0 Å². The molecule has 10 heteroatoms. The number of nitrogens with zero attached hydrogens (tertiary/aromatic N) is 4. The van der Waals surface area contributed by atoms with Crippen molar-refractivity contribution in [2.75, 3.05) is 29.4 Å². The van der Waals surface area contributed by atoms with Crippen molar-refractivity contribution in [2.24, 2.45) is 0 Å². The molecule has 0 unspecified atom stereocenters. The third-order valence-electron chi connectivity index (χ3n) is 6.26. The zero-order valence-electron chi connectivity index (χ0n) is 18.8. The van der Waals surface area contributed by atoms with E-state index >= 15 is 0 Å². The van der Waals surface area contributed by atoms with E-state index in [1.54, 1.807) is 6.20 Å². The normalized spacial score (nSPS) is 17.1. The van der Waals surface area contributed by atoms with E-state index in [-0.39, 0.29) is 35.4 Å². The number of rotatable bonds is 5. The van der Waals surface area contributed by atoms with Crippen molar-refractivity contribution in [2.45, 2.75) is 36.2 Å². The number of piperidine rings is 1. The molecule has 0 atom stereocenters. The van der Waals surface area contributed by atoms with Gasteiger partial charge in [0.15, 0.2) is 0 Å². The monoisotopic (exact) mass is 500 g/mol. The third-order valence-corrected chi connectivity index (χ3v) is 7.00. The van der Waals surface area contributed by atoms with Gasteiger partial charge in [0, 0.05) is 41.8 Å². The summed E-state index contributed by atoms with van der Waals surface area (Å²) in [5, 5.41) is 0.933. The van der Waals surface area contributed by atoms with Crippen LogP contribution in [0.4, 0.5) is 29.3 Å². The van der Waals surface area contributed by atoms with Crippen molar-refractivity contribution in [1.29, 1.82) is 0 Å². The van der Waals surface area contributed by atoms with Crippen LogP contribution in [0.3, 0.4) is 0 Å². The highest BCUT2D eigenvalue weighted by Crippen LogP contribution is 2.37. The number of alkyl halides is 3. The number of urea groups is 1. The number of pyridine rings is 1. The molecule has 2 saturated heterocycles. The van der Waals surface area contributed by atoms with Crippen LogP contribution in [-0.2, 0) is 11.3 Å². The van der Waals surface area contributed by atoms with Crippen LogP contribution in [0.1, 0.15) is 24.8 Å². The Labute approximate surface area is 204 Å². The number of thioether (sulfide) groups is 1. The molecule has 0 saturated carbocycles. The van der Waals surface area contributed by atoms with E-state index in [1.807, 2.05) is 12.1 Å². The molecule has 2 aromatic carbocycles. The minimum Gasteiger partial charge on any atom is -0.372 e. The van der Waals surface area contributed by atoms with E-state index in [1.165, 1.54) is 35.6 Å². The first kappa shape index (κ1) is 23.5. The van der Waals surface area contributed by atoms with Gasteiger partial charge in [-0.05, 0) is 85.1 Å². The van der Waals surface area contributed by atoms with Crippen LogP contribution < -0.4 is 9.80 Å². The van der Waals surface area contributed by atoms with Gasteiger partial charge in [-0.25, -0.2) is 9.69 Å². The predicted octanol–water partition coefficient (Wildman–Crippen LogP) is 5.81. The molecule has 0 aliphatic carbocycles. The molecule has 0 radical (unpaired) electrons. The van der Waals surface area contributed by atoms with Crippen LogP contribution in [0.15, 0.2) is 59.6 Å².